The molecule has 11 rings (SSSR count). The van der Waals surface area contributed by atoms with E-state index in [1.165, 1.54) is 76.7 Å². The Morgan fingerprint density at radius 3 is 1.71 bits per heavy atom. The molecule has 1 aliphatic carbocycles. The minimum Gasteiger partial charge on any atom is -0.310 e. The third-order valence-electron chi connectivity index (χ3n) is 10.9. The van der Waals surface area contributed by atoms with Gasteiger partial charge in [-0.15, -0.1) is 0 Å². The van der Waals surface area contributed by atoms with E-state index in [4.69, 9.17) is 0 Å². The quantitative estimate of drug-likeness (QED) is 0.178. The van der Waals surface area contributed by atoms with Crippen LogP contribution in [0.3, 0.4) is 0 Å². The van der Waals surface area contributed by atoms with Crippen LogP contribution in [-0.4, -0.2) is 4.57 Å². The van der Waals surface area contributed by atoms with Crippen LogP contribution in [0.1, 0.15) is 0 Å². The van der Waals surface area contributed by atoms with Gasteiger partial charge in [0.25, 0.3) is 0 Å². The maximum absolute atomic E-state index is 2.43. The molecule has 1 aromatic heterocycles. The highest BCUT2D eigenvalue weighted by Gasteiger charge is 2.24. The van der Waals surface area contributed by atoms with Crippen LogP contribution in [-0.2, 0) is 0 Å². The largest absolute Gasteiger partial charge is 0.310 e. The van der Waals surface area contributed by atoms with Crippen LogP contribution in [0.4, 0.5) is 17.1 Å². The van der Waals surface area contributed by atoms with E-state index in [0.717, 1.165) is 22.7 Å². The number of rotatable bonds is 5. The Bertz CT molecular complexity index is 2960. The molecule has 0 fully saturated rings. The zero-order valence-electron chi connectivity index (χ0n) is 28.4. The van der Waals surface area contributed by atoms with Crippen molar-refractivity contribution < 1.29 is 0 Å². The van der Waals surface area contributed by atoms with Gasteiger partial charge < -0.3 is 9.47 Å². The standard InChI is InChI=1S/C50H32N2/c1-2-12-35-31-36(24-23-33(35)11-1)40-15-3-6-20-47(40)51(39-29-30-41-44-18-9-13-34-14-10-19-45(50(34)44)46(41)32-39)37-25-27-38(28-26-37)52-48-21-7-4-16-42(48)43-17-5-8-22-49(43)52/h1-32H. The van der Waals surface area contributed by atoms with Crippen molar-refractivity contribution >= 4 is 60.4 Å². The van der Waals surface area contributed by atoms with E-state index in [1.807, 2.05) is 0 Å². The first-order chi connectivity index (χ1) is 25.8. The highest BCUT2D eigenvalue weighted by molar-refractivity contribution is 6.16. The smallest absolute Gasteiger partial charge is 0.0541 e. The molecular formula is C50H32N2. The van der Waals surface area contributed by atoms with Crippen molar-refractivity contribution in [2.75, 3.05) is 4.90 Å². The summed E-state index contributed by atoms with van der Waals surface area (Å²) in [6.07, 6.45) is 0. The molecule has 0 atom stereocenters. The lowest BCUT2D eigenvalue weighted by atomic mass is 9.98. The van der Waals surface area contributed by atoms with Gasteiger partial charge in [-0.05, 0) is 110 Å². The fraction of sp³-hybridized carbons (Fsp3) is 0. The number of benzene rings is 9. The van der Waals surface area contributed by atoms with E-state index in [2.05, 4.69) is 204 Å². The molecule has 52 heavy (non-hydrogen) atoms. The Morgan fingerprint density at radius 2 is 0.942 bits per heavy atom. The Labute approximate surface area is 302 Å². The second-order valence-electron chi connectivity index (χ2n) is 13.7. The summed E-state index contributed by atoms with van der Waals surface area (Å²) in [5, 5.41) is 7.64. The second-order valence-corrected chi connectivity index (χ2v) is 13.7. The lowest BCUT2D eigenvalue weighted by molar-refractivity contribution is 1.17. The van der Waals surface area contributed by atoms with E-state index < -0.39 is 0 Å². The van der Waals surface area contributed by atoms with Crippen molar-refractivity contribution in [1.82, 2.24) is 4.57 Å². The fourth-order valence-electron chi connectivity index (χ4n) is 8.57. The third-order valence-corrected chi connectivity index (χ3v) is 10.9. The van der Waals surface area contributed by atoms with E-state index in [-0.39, 0.29) is 0 Å². The molecule has 2 nitrogen and oxygen atoms in total. The van der Waals surface area contributed by atoms with E-state index >= 15 is 0 Å². The second kappa shape index (κ2) is 11.3. The number of hydrogen-bond acceptors (Lipinski definition) is 1. The molecule has 0 amide bonds. The van der Waals surface area contributed by atoms with Crippen LogP contribution in [0.15, 0.2) is 194 Å². The molecule has 0 saturated heterocycles. The van der Waals surface area contributed by atoms with Crippen molar-refractivity contribution in [3.8, 4) is 39.1 Å². The minimum absolute atomic E-state index is 1.10. The minimum atomic E-state index is 1.10. The van der Waals surface area contributed by atoms with Gasteiger partial charge in [-0.25, -0.2) is 0 Å². The first-order valence-corrected chi connectivity index (χ1v) is 17.9. The number of anilines is 3. The van der Waals surface area contributed by atoms with E-state index in [0.29, 0.717) is 0 Å². The van der Waals surface area contributed by atoms with E-state index in [9.17, 15) is 0 Å². The predicted octanol–water partition coefficient (Wildman–Crippen LogP) is 13.9. The molecule has 1 aliphatic rings. The van der Waals surface area contributed by atoms with Crippen LogP contribution in [0.2, 0.25) is 0 Å². The molecule has 2 heteroatoms. The number of nitrogens with zero attached hydrogens (tertiary/aromatic N) is 2. The zero-order chi connectivity index (χ0) is 34.2. The molecule has 0 aliphatic heterocycles. The molecule has 0 unspecified atom stereocenters. The Balaban J connectivity index is 1.11. The number of aromatic nitrogens is 1. The summed E-state index contributed by atoms with van der Waals surface area (Å²) in [6.45, 7) is 0. The van der Waals surface area contributed by atoms with Crippen molar-refractivity contribution in [1.29, 1.82) is 0 Å². The summed E-state index contributed by atoms with van der Waals surface area (Å²) in [7, 11) is 0. The van der Waals surface area contributed by atoms with Gasteiger partial charge in [-0.1, -0.05) is 133 Å². The molecule has 9 aromatic carbocycles. The average Bonchev–Trinajstić information content (AvgIpc) is 3.72. The average molecular weight is 661 g/mol. The van der Waals surface area contributed by atoms with Gasteiger partial charge in [0.1, 0.15) is 0 Å². The summed E-state index contributed by atoms with van der Waals surface area (Å²) < 4.78 is 2.38. The van der Waals surface area contributed by atoms with Crippen LogP contribution in [0.25, 0.3) is 82.4 Å². The van der Waals surface area contributed by atoms with Crippen LogP contribution < -0.4 is 4.90 Å². The first kappa shape index (κ1) is 28.9. The normalized spacial score (nSPS) is 11.8. The summed E-state index contributed by atoms with van der Waals surface area (Å²) in [5.41, 5.74) is 14.5. The Morgan fingerprint density at radius 1 is 0.346 bits per heavy atom. The molecular weight excluding hydrogens is 629 g/mol. The van der Waals surface area contributed by atoms with Gasteiger partial charge in [0.15, 0.2) is 0 Å². The molecule has 0 N–H and O–H groups in total. The maximum atomic E-state index is 2.43. The third kappa shape index (κ3) is 4.31. The van der Waals surface area contributed by atoms with Crippen LogP contribution in [0, 0.1) is 0 Å². The SMILES string of the molecule is c1ccc(N(c2ccc(-n3c4ccccc4c4ccccc43)cc2)c2ccc3c(c2)-c2cccc4cccc-3c24)c(-c2ccc3ccccc3c2)c1. The Kier molecular flexibility index (Phi) is 6.28. The van der Waals surface area contributed by atoms with Crippen molar-refractivity contribution in [3.05, 3.63) is 194 Å². The highest BCUT2D eigenvalue weighted by Crippen LogP contribution is 2.50. The molecule has 242 valence electrons. The molecule has 1 heterocycles. The number of para-hydroxylation sites is 3. The molecule has 0 saturated carbocycles. The van der Waals surface area contributed by atoms with Gasteiger partial charge in [0.05, 0.1) is 16.7 Å². The lowest BCUT2D eigenvalue weighted by Crippen LogP contribution is -2.11. The lowest BCUT2D eigenvalue weighted by Gasteiger charge is -2.29. The van der Waals surface area contributed by atoms with Crippen LogP contribution in [0.5, 0.6) is 0 Å². The summed E-state index contributed by atoms with van der Waals surface area (Å²) in [5.74, 6) is 0. The summed E-state index contributed by atoms with van der Waals surface area (Å²) in [6, 6.07) is 71.1. The molecule has 0 radical (unpaired) electrons. The topological polar surface area (TPSA) is 8.17 Å². The summed E-state index contributed by atoms with van der Waals surface area (Å²) in [4.78, 5) is 2.43. The van der Waals surface area contributed by atoms with Crippen molar-refractivity contribution in [3.63, 3.8) is 0 Å². The van der Waals surface area contributed by atoms with Gasteiger partial charge >= 0.3 is 0 Å². The van der Waals surface area contributed by atoms with Gasteiger partial charge in [0.2, 0.25) is 0 Å². The fourth-order valence-corrected chi connectivity index (χ4v) is 8.57. The number of hydrogen-bond donors (Lipinski definition) is 0. The van der Waals surface area contributed by atoms with Gasteiger partial charge in [-0.3, -0.25) is 0 Å². The zero-order valence-corrected chi connectivity index (χ0v) is 28.4. The highest BCUT2D eigenvalue weighted by atomic mass is 15.1. The van der Waals surface area contributed by atoms with Gasteiger partial charge in [0, 0.05) is 33.4 Å². The first-order valence-electron chi connectivity index (χ1n) is 17.9. The van der Waals surface area contributed by atoms with E-state index in [1.54, 1.807) is 0 Å². The predicted molar refractivity (Wildman–Crippen MR) is 220 cm³/mol. The molecule has 0 spiro atoms. The van der Waals surface area contributed by atoms with Gasteiger partial charge in [-0.2, -0.15) is 0 Å². The summed E-state index contributed by atoms with van der Waals surface area (Å²) >= 11 is 0. The molecule has 10 aromatic rings. The van der Waals surface area contributed by atoms with Crippen molar-refractivity contribution in [2.24, 2.45) is 0 Å². The Hall–Kier alpha value is -6.90. The monoisotopic (exact) mass is 660 g/mol. The molecule has 0 bridgehead atoms. The van der Waals surface area contributed by atoms with Crippen LogP contribution >= 0.6 is 0 Å². The maximum Gasteiger partial charge on any atom is 0.0541 e. The van der Waals surface area contributed by atoms with Crippen molar-refractivity contribution in [2.45, 2.75) is 0 Å². The number of fused-ring (bicyclic) bond motifs is 7.